The first-order chi connectivity index (χ1) is 8.34. The van der Waals surface area contributed by atoms with Crippen molar-refractivity contribution in [3.8, 4) is 0 Å². The summed E-state index contributed by atoms with van der Waals surface area (Å²) in [5, 5.41) is 4.41. The van der Waals surface area contributed by atoms with Crippen LogP contribution in [-0.4, -0.2) is 5.10 Å². The Bertz CT molecular complexity index is 585. The van der Waals surface area contributed by atoms with Gasteiger partial charge < -0.3 is 4.42 Å². The van der Waals surface area contributed by atoms with Gasteiger partial charge in [0.15, 0.2) is 17.1 Å². The summed E-state index contributed by atoms with van der Waals surface area (Å²) in [5.74, 6) is -0.337. The van der Waals surface area contributed by atoms with Gasteiger partial charge in [-0.25, -0.2) is 0 Å². The maximum absolute atomic E-state index is 11.9. The van der Waals surface area contributed by atoms with E-state index in [1.54, 1.807) is 6.07 Å². The zero-order chi connectivity index (χ0) is 11.7. The molecule has 0 bridgehead atoms. The Morgan fingerprint density at radius 1 is 1.18 bits per heavy atom. The molecular weight excluding hydrogens is 216 g/mol. The molecule has 0 saturated heterocycles. The molecule has 1 aliphatic rings. The Morgan fingerprint density at radius 2 is 1.94 bits per heavy atom. The highest BCUT2D eigenvalue weighted by atomic mass is 16.4. The van der Waals surface area contributed by atoms with Crippen molar-refractivity contribution in [2.24, 2.45) is 0 Å². The molecule has 0 unspecified atom stereocenters. The largest absolute Gasteiger partial charge is 0.628 e. The first kappa shape index (κ1) is 10.4. The summed E-state index contributed by atoms with van der Waals surface area (Å²) in [5.41, 5.74) is 1.31. The van der Waals surface area contributed by atoms with E-state index in [0.29, 0.717) is 5.58 Å². The molecule has 0 spiro atoms. The van der Waals surface area contributed by atoms with Crippen molar-refractivity contribution in [1.29, 1.82) is 0 Å². The second kappa shape index (κ2) is 4.28. The average Bonchev–Trinajstić information content (AvgIpc) is 2.39. The quantitative estimate of drug-likeness (QED) is 0.705. The molecule has 4 heteroatoms. The van der Waals surface area contributed by atoms with E-state index in [-0.39, 0.29) is 11.8 Å². The van der Waals surface area contributed by atoms with Crippen LogP contribution in [0.3, 0.4) is 0 Å². The van der Waals surface area contributed by atoms with Crippen LogP contribution in [0.5, 0.6) is 0 Å². The predicted molar refractivity (Wildman–Crippen MR) is 62.6 cm³/mol. The minimum atomic E-state index is -0.337. The van der Waals surface area contributed by atoms with Crippen molar-refractivity contribution in [2.75, 3.05) is 0 Å². The average molecular weight is 231 g/mol. The van der Waals surface area contributed by atoms with Crippen molar-refractivity contribution >= 4 is 11.1 Å². The Morgan fingerprint density at radius 3 is 2.76 bits per heavy atom. The zero-order valence-corrected chi connectivity index (χ0v) is 9.63. The highest BCUT2D eigenvalue weighted by Crippen LogP contribution is 2.22. The number of benzene rings is 1. The van der Waals surface area contributed by atoms with Crippen LogP contribution in [-0.2, 0) is 0 Å². The smallest absolute Gasteiger partial charge is 0.368 e. The van der Waals surface area contributed by atoms with Gasteiger partial charge in [-0.05, 0) is 29.7 Å². The maximum atomic E-state index is 11.9. The van der Waals surface area contributed by atoms with Crippen molar-refractivity contribution in [3.63, 3.8) is 0 Å². The third kappa shape index (κ3) is 1.95. The molecule has 0 radical (unpaired) electrons. The summed E-state index contributed by atoms with van der Waals surface area (Å²) < 4.78 is 6.82. The minimum absolute atomic E-state index is 0.213. The molecule has 3 rings (SSSR count). The number of aromatic nitrogens is 2. The number of rotatable bonds is 1. The van der Waals surface area contributed by atoms with E-state index in [1.807, 2.05) is 18.2 Å². The van der Waals surface area contributed by atoms with Crippen LogP contribution < -0.4 is 10.4 Å². The lowest BCUT2D eigenvalue weighted by molar-refractivity contribution is -0.799. The summed E-state index contributed by atoms with van der Waals surface area (Å²) in [6.07, 6.45) is 5.66. The van der Waals surface area contributed by atoms with Crippen LogP contribution in [0.15, 0.2) is 33.5 Å². The van der Waals surface area contributed by atoms with E-state index in [9.17, 15) is 4.79 Å². The summed E-state index contributed by atoms with van der Waals surface area (Å²) >= 11 is 0. The molecule has 1 fully saturated rings. The van der Waals surface area contributed by atoms with Crippen molar-refractivity contribution in [1.82, 2.24) is 5.10 Å². The molecule has 1 aromatic heterocycles. The summed E-state index contributed by atoms with van der Waals surface area (Å²) in [7, 11) is 0. The van der Waals surface area contributed by atoms with Crippen molar-refractivity contribution in [3.05, 3.63) is 34.8 Å². The van der Waals surface area contributed by atoms with Crippen LogP contribution >= 0.6 is 0 Å². The van der Waals surface area contributed by atoms with Gasteiger partial charge in [0.1, 0.15) is 0 Å². The maximum Gasteiger partial charge on any atom is 0.628 e. The fraction of sp³-hybridized carbons (Fsp3) is 0.462. The molecule has 1 heterocycles. The summed E-state index contributed by atoms with van der Waals surface area (Å²) in [6, 6.07) is 7.61. The van der Waals surface area contributed by atoms with E-state index in [2.05, 4.69) is 5.10 Å². The number of nitrogens with zero attached hydrogens (tertiary/aromatic N) is 2. The fourth-order valence-electron chi connectivity index (χ4n) is 2.48. The Labute approximate surface area is 98.9 Å². The third-order valence-corrected chi connectivity index (χ3v) is 3.39. The van der Waals surface area contributed by atoms with Crippen LogP contribution in [0, 0.1) is 0 Å². The van der Waals surface area contributed by atoms with Gasteiger partial charge in [0.25, 0.3) is 0 Å². The van der Waals surface area contributed by atoms with E-state index in [4.69, 9.17) is 4.42 Å². The first-order valence-electron chi connectivity index (χ1n) is 6.16. The Kier molecular flexibility index (Phi) is 2.63. The second-order valence-electron chi connectivity index (χ2n) is 4.57. The summed E-state index contributed by atoms with van der Waals surface area (Å²) in [6.45, 7) is 0. The normalized spacial score (nSPS) is 17.4. The molecule has 4 nitrogen and oxygen atoms in total. The topological polar surface area (TPSA) is 47.0 Å². The van der Waals surface area contributed by atoms with E-state index < -0.39 is 0 Å². The molecule has 1 aliphatic carbocycles. The van der Waals surface area contributed by atoms with Crippen molar-refractivity contribution in [2.45, 2.75) is 38.1 Å². The molecular formula is C13H15N2O2+. The number of hydrogen-bond acceptors (Lipinski definition) is 3. The van der Waals surface area contributed by atoms with Crippen LogP contribution in [0.4, 0.5) is 0 Å². The fourth-order valence-corrected chi connectivity index (χ4v) is 2.48. The molecule has 0 aliphatic heterocycles. The number of fused-ring (bicyclic) bond motifs is 1. The van der Waals surface area contributed by atoms with Crippen LogP contribution in [0.25, 0.3) is 11.1 Å². The lowest BCUT2D eigenvalue weighted by atomic mass is 9.96. The SMILES string of the molecule is O=c1oc2ccccc2n[n+]1C1CCCCC1. The second-order valence-corrected chi connectivity index (χ2v) is 4.57. The lowest BCUT2D eigenvalue weighted by Gasteiger charge is -2.13. The predicted octanol–water partition coefficient (Wildman–Crippen LogP) is 1.98. The van der Waals surface area contributed by atoms with Crippen LogP contribution in [0.2, 0.25) is 0 Å². The van der Waals surface area contributed by atoms with Gasteiger partial charge in [0, 0.05) is 17.9 Å². The Hall–Kier alpha value is -1.71. The molecule has 1 aromatic carbocycles. The van der Waals surface area contributed by atoms with Gasteiger partial charge in [0.2, 0.25) is 0 Å². The van der Waals surface area contributed by atoms with Gasteiger partial charge in [-0.1, -0.05) is 18.6 Å². The molecule has 1 saturated carbocycles. The lowest BCUT2D eigenvalue weighted by Crippen LogP contribution is -2.56. The molecule has 0 atom stereocenters. The standard InChI is InChI=1S/C13H15N2O2/c16-13-15(10-6-2-1-3-7-10)14-11-8-4-5-9-12(11)17-13/h4-5,8-10H,1-3,6-7H2/q+1. The third-order valence-electron chi connectivity index (χ3n) is 3.39. The molecule has 88 valence electrons. The van der Waals surface area contributed by atoms with Gasteiger partial charge in [-0.3, -0.25) is 0 Å². The van der Waals surface area contributed by atoms with E-state index in [1.165, 1.54) is 23.9 Å². The first-order valence-corrected chi connectivity index (χ1v) is 6.16. The number of hydrogen-bond donors (Lipinski definition) is 0. The van der Waals surface area contributed by atoms with E-state index in [0.717, 1.165) is 18.4 Å². The Balaban J connectivity index is 2.09. The zero-order valence-electron chi connectivity index (χ0n) is 9.63. The number of para-hydroxylation sites is 1. The molecule has 0 N–H and O–H groups in total. The molecule has 17 heavy (non-hydrogen) atoms. The minimum Gasteiger partial charge on any atom is -0.368 e. The monoisotopic (exact) mass is 231 g/mol. The van der Waals surface area contributed by atoms with Gasteiger partial charge in [0.05, 0.1) is 0 Å². The highest BCUT2D eigenvalue weighted by molar-refractivity contribution is 5.69. The van der Waals surface area contributed by atoms with Crippen LogP contribution in [0.1, 0.15) is 38.1 Å². The van der Waals surface area contributed by atoms with Crippen molar-refractivity contribution < 1.29 is 9.10 Å². The van der Waals surface area contributed by atoms with Gasteiger partial charge in [-0.15, -0.1) is 0 Å². The molecule has 2 aromatic rings. The van der Waals surface area contributed by atoms with Gasteiger partial charge >= 0.3 is 5.76 Å². The molecule has 0 amide bonds. The highest BCUT2D eigenvalue weighted by Gasteiger charge is 2.28. The summed E-state index contributed by atoms with van der Waals surface area (Å²) in [4.78, 5) is 11.9. The van der Waals surface area contributed by atoms with E-state index >= 15 is 0 Å². The van der Waals surface area contributed by atoms with Gasteiger partial charge in [-0.2, -0.15) is 4.79 Å².